The van der Waals surface area contributed by atoms with E-state index in [0.717, 1.165) is 19.4 Å². The largest absolute Gasteiger partial charge is 0.377 e. The summed E-state index contributed by atoms with van der Waals surface area (Å²) in [5, 5.41) is 13.9. The zero-order valence-corrected chi connectivity index (χ0v) is 12.0. The Hall–Kier alpha value is -1.89. The van der Waals surface area contributed by atoms with Crippen molar-refractivity contribution in [2.75, 3.05) is 37.5 Å². The van der Waals surface area contributed by atoms with Gasteiger partial charge in [-0.3, -0.25) is 10.1 Å². The van der Waals surface area contributed by atoms with E-state index in [-0.39, 0.29) is 11.3 Å². The summed E-state index contributed by atoms with van der Waals surface area (Å²) in [6, 6.07) is 2.95. The molecule has 1 unspecified atom stereocenters. The summed E-state index contributed by atoms with van der Waals surface area (Å²) in [6.45, 7) is 3.56. The third-order valence-corrected chi connectivity index (χ3v) is 3.74. The number of anilines is 2. The first-order valence-electron chi connectivity index (χ1n) is 6.62. The Balaban J connectivity index is 2.31. The van der Waals surface area contributed by atoms with Crippen LogP contribution >= 0.6 is 0 Å². The van der Waals surface area contributed by atoms with Crippen LogP contribution in [0.1, 0.15) is 19.8 Å². The molecule has 0 aromatic carbocycles. The number of hydrogen-bond donors (Lipinski definition) is 1. The Morgan fingerprint density at radius 1 is 1.55 bits per heavy atom. The van der Waals surface area contributed by atoms with Crippen LogP contribution in [0.25, 0.3) is 0 Å². The molecule has 2 rings (SSSR count). The van der Waals surface area contributed by atoms with Crippen molar-refractivity contribution in [2.45, 2.75) is 25.4 Å². The molecule has 1 N–H and O–H groups in total. The van der Waals surface area contributed by atoms with Crippen LogP contribution in [-0.2, 0) is 4.74 Å². The topological polar surface area (TPSA) is 80.5 Å². The van der Waals surface area contributed by atoms with E-state index in [1.807, 2.05) is 4.90 Å². The van der Waals surface area contributed by atoms with E-state index >= 15 is 0 Å². The summed E-state index contributed by atoms with van der Waals surface area (Å²) in [7, 11) is 3.40. The number of nitrogens with zero attached hydrogens (tertiary/aromatic N) is 3. The molecule has 0 spiro atoms. The SMILES string of the molecule is CNc1cc([N+](=O)[O-])cc(N2CCCC(C)(OC)C2)n1. The highest BCUT2D eigenvalue weighted by atomic mass is 16.6. The quantitative estimate of drug-likeness (QED) is 0.671. The summed E-state index contributed by atoms with van der Waals surface area (Å²) in [4.78, 5) is 17.1. The summed E-state index contributed by atoms with van der Waals surface area (Å²) in [5.41, 5.74) is -0.186. The molecule has 1 aliphatic heterocycles. The highest BCUT2D eigenvalue weighted by molar-refractivity contribution is 5.56. The minimum Gasteiger partial charge on any atom is -0.377 e. The molecular formula is C13H20N4O3. The fourth-order valence-electron chi connectivity index (χ4n) is 2.47. The number of nitro groups is 1. The number of ether oxygens (including phenoxy) is 1. The molecular weight excluding hydrogens is 260 g/mol. The van der Waals surface area contributed by atoms with Gasteiger partial charge in [-0.05, 0) is 19.8 Å². The monoisotopic (exact) mass is 280 g/mol. The van der Waals surface area contributed by atoms with Crippen molar-refractivity contribution in [1.29, 1.82) is 0 Å². The van der Waals surface area contributed by atoms with E-state index in [1.165, 1.54) is 12.1 Å². The summed E-state index contributed by atoms with van der Waals surface area (Å²) in [6.07, 6.45) is 1.96. The van der Waals surface area contributed by atoms with Crippen molar-refractivity contribution in [2.24, 2.45) is 0 Å². The Bertz CT molecular complexity index is 508. The van der Waals surface area contributed by atoms with E-state index in [4.69, 9.17) is 4.74 Å². The van der Waals surface area contributed by atoms with Crippen molar-refractivity contribution < 1.29 is 9.66 Å². The van der Waals surface area contributed by atoms with Crippen molar-refractivity contribution in [3.8, 4) is 0 Å². The molecule has 0 saturated carbocycles. The Labute approximate surface area is 118 Å². The predicted molar refractivity (Wildman–Crippen MR) is 77.3 cm³/mol. The van der Waals surface area contributed by atoms with Crippen LogP contribution in [0.2, 0.25) is 0 Å². The second kappa shape index (κ2) is 5.62. The number of nitrogens with one attached hydrogen (secondary N) is 1. The Morgan fingerprint density at radius 2 is 2.30 bits per heavy atom. The van der Waals surface area contributed by atoms with Gasteiger partial charge < -0.3 is 15.0 Å². The van der Waals surface area contributed by atoms with Crippen molar-refractivity contribution >= 4 is 17.3 Å². The predicted octanol–water partition coefficient (Wildman–Crippen LogP) is 2.04. The number of pyridine rings is 1. The van der Waals surface area contributed by atoms with Crippen LogP contribution in [0.5, 0.6) is 0 Å². The van der Waals surface area contributed by atoms with Gasteiger partial charge in [-0.2, -0.15) is 0 Å². The highest BCUT2D eigenvalue weighted by Crippen LogP contribution is 2.30. The Kier molecular flexibility index (Phi) is 4.08. The third-order valence-electron chi connectivity index (χ3n) is 3.74. The fraction of sp³-hybridized carbons (Fsp3) is 0.615. The molecule has 0 bridgehead atoms. The van der Waals surface area contributed by atoms with E-state index in [1.54, 1.807) is 14.2 Å². The van der Waals surface area contributed by atoms with Gasteiger partial charge in [0.05, 0.1) is 22.7 Å². The summed E-state index contributed by atoms with van der Waals surface area (Å²) >= 11 is 0. The molecule has 1 aromatic heterocycles. The van der Waals surface area contributed by atoms with Gasteiger partial charge in [0.2, 0.25) is 0 Å². The van der Waals surface area contributed by atoms with E-state index < -0.39 is 4.92 Å². The lowest BCUT2D eigenvalue weighted by molar-refractivity contribution is -0.384. The summed E-state index contributed by atoms with van der Waals surface area (Å²) in [5.74, 6) is 1.12. The van der Waals surface area contributed by atoms with Gasteiger partial charge in [0.1, 0.15) is 11.6 Å². The summed E-state index contributed by atoms with van der Waals surface area (Å²) < 4.78 is 5.55. The molecule has 1 saturated heterocycles. The first kappa shape index (κ1) is 14.5. The number of piperidine rings is 1. The van der Waals surface area contributed by atoms with Crippen molar-refractivity contribution in [1.82, 2.24) is 4.98 Å². The molecule has 1 fully saturated rings. The molecule has 7 nitrogen and oxygen atoms in total. The first-order chi connectivity index (χ1) is 9.47. The lowest BCUT2D eigenvalue weighted by atomic mass is 9.95. The zero-order chi connectivity index (χ0) is 14.8. The van der Waals surface area contributed by atoms with Crippen LogP contribution in [0.3, 0.4) is 0 Å². The number of aromatic nitrogens is 1. The number of methoxy groups -OCH3 is 1. The first-order valence-corrected chi connectivity index (χ1v) is 6.62. The minimum absolute atomic E-state index is 0.0454. The normalized spacial score (nSPS) is 22.6. The molecule has 1 aromatic rings. The molecule has 1 atom stereocenters. The van der Waals surface area contributed by atoms with Crippen molar-refractivity contribution in [3.63, 3.8) is 0 Å². The van der Waals surface area contributed by atoms with Gasteiger partial charge in [0, 0.05) is 27.2 Å². The minimum atomic E-state index is -0.397. The smallest absolute Gasteiger partial charge is 0.276 e. The number of hydrogen-bond acceptors (Lipinski definition) is 6. The molecule has 1 aliphatic rings. The van der Waals surface area contributed by atoms with Crippen LogP contribution < -0.4 is 10.2 Å². The fourth-order valence-corrected chi connectivity index (χ4v) is 2.47. The van der Waals surface area contributed by atoms with E-state index in [9.17, 15) is 10.1 Å². The maximum atomic E-state index is 11.0. The van der Waals surface area contributed by atoms with Crippen LogP contribution in [0.15, 0.2) is 12.1 Å². The maximum Gasteiger partial charge on any atom is 0.276 e. The second-order valence-corrected chi connectivity index (χ2v) is 5.26. The van der Waals surface area contributed by atoms with Crippen LogP contribution in [-0.4, -0.2) is 42.8 Å². The Morgan fingerprint density at radius 3 is 2.90 bits per heavy atom. The molecule has 110 valence electrons. The van der Waals surface area contributed by atoms with E-state index in [0.29, 0.717) is 18.2 Å². The van der Waals surface area contributed by atoms with Gasteiger partial charge in [0.25, 0.3) is 5.69 Å². The van der Waals surface area contributed by atoms with Crippen LogP contribution in [0.4, 0.5) is 17.3 Å². The lowest BCUT2D eigenvalue weighted by Gasteiger charge is -2.40. The maximum absolute atomic E-state index is 11.0. The highest BCUT2D eigenvalue weighted by Gasteiger charge is 2.32. The average Bonchev–Trinajstić information content (AvgIpc) is 2.46. The molecule has 0 amide bonds. The molecule has 20 heavy (non-hydrogen) atoms. The van der Waals surface area contributed by atoms with Crippen LogP contribution in [0, 0.1) is 10.1 Å². The van der Waals surface area contributed by atoms with Crippen molar-refractivity contribution in [3.05, 3.63) is 22.2 Å². The third kappa shape index (κ3) is 2.98. The van der Waals surface area contributed by atoms with Gasteiger partial charge in [-0.25, -0.2) is 4.98 Å². The van der Waals surface area contributed by atoms with E-state index in [2.05, 4.69) is 17.2 Å². The van der Waals surface area contributed by atoms with Gasteiger partial charge >= 0.3 is 0 Å². The molecule has 2 heterocycles. The molecule has 0 aliphatic carbocycles. The average molecular weight is 280 g/mol. The standard InChI is InChI=1S/C13H20N4O3/c1-13(20-3)5-4-6-16(9-13)12-8-10(17(18)19)7-11(14-2)15-12/h7-8H,4-6,9H2,1-3H3,(H,14,15). The molecule has 0 radical (unpaired) electrons. The second-order valence-electron chi connectivity index (χ2n) is 5.26. The van der Waals surface area contributed by atoms with Gasteiger partial charge in [0.15, 0.2) is 0 Å². The van der Waals surface area contributed by atoms with Gasteiger partial charge in [-0.15, -0.1) is 0 Å². The number of rotatable bonds is 4. The zero-order valence-electron chi connectivity index (χ0n) is 12.0. The van der Waals surface area contributed by atoms with Gasteiger partial charge in [-0.1, -0.05) is 0 Å². The lowest BCUT2D eigenvalue weighted by Crippen LogP contribution is -2.47. The molecule has 7 heteroatoms.